The molecule has 1 rings (SSSR count). The first-order valence-electron chi connectivity index (χ1n) is 6.54. The molecule has 1 aromatic rings. The number of aliphatic hydroxyl groups excluding tert-OH is 1. The van der Waals surface area contributed by atoms with E-state index in [0.29, 0.717) is 6.42 Å². The summed E-state index contributed by atoms with van der Waals surface area (Å²) >= 11 is 0. The molecular formula is C15H23NO2. The molecule has 0 aromatic heterocycles. The Hall–Kier alpha value is -1.35. The molecule has 0 radical (unpaired) electrons. The van der Waals surface area contributed by atoms with Crippen LogP contribution < -0.4 is 0 Å². The number of hydrogen-bond acceptors (Lipinski definition) is 2. The monoisotopic (exact) mass is 249 g/mol. The predicted octanol–water partition coefficient (Wildman–Crippen LogP) is 2.16. The predicted molar refractivity (Wildman–Crippen MR) is 73.5 cm³/mol. The van der Waals surface area contributed by atoms with Gasteiger partial charge in [0.1, 0.15) is 0 Å². The molecule has 1 aromatic carbocycles. The van der Waals surface area contributed by atoms with Crippen molar-refractivity contribution in [1.29, 1.82) is 0 Å². The first-order valence-corrected chi connectivity index (χ1v) is 6.54. The molecule has 1 amide bonds. The van der Waals surface area contributed by atoms with Gasteiger partial charge < -0.3 is 10.0 Å². The first-order chi connectivity index (χ1) is 8.63. The lowest BCUT2D eigenvalue weighted by atomic mass is 10.1. The third kappa shape index (κ3) is 5.32. The highest BCUT2D eigenvalue weighted by molar-refractivity contribution is 5.78. The highest BCUT2D eigenvalue weighted by atomic mass is 16.2. The summed E-state index contributed by atoms with van der Waals surface area (Å²) in [6, 6.07) is 8.08. The Balaban J connectivity index is 2.33. The number of likely N-dealkylation sites (N-methyl/N-ethyl adjacent to an activating group) is 1. The molecule has 1 N–H and O–H groups in total. The van der Waals surface area contributed by atoms with Crippen LogP contribution in [0.15, 0.2) is 24.3 Å². The summed E-state index contributed by atoms with van der Waals surface area (Å²) in [6.45, 7) is 3.05. The van der Waals surface area contributed by atoms with Crippen molar-refractivity contribution < 1.29 is 9.90 Å². The van der Waals surface area contributed by atoms with Gasteiger partial charge in [-0.25, -0.2) is 0 Å². The van der Waals surface area contributed by atoms with Crippen LogP contribution in [-0.4, -0.2) is 36.1 Å². The fraction of sp³-hybridized carbons (Fsp3) is 0.533. The summed E-state index contributed by atoms with van der Waals surface area (Å²) in [4.78, 5) is 13.7. The third-order valence-corrected chi connectivity index (χ3v) is 3.05. The number of unbranched alkanes of at least 4 members (excludes halogenated alkanes) is 2. The van der Waals surface area contributed by atoms with Crippen molar-refractivity contribution in [3.63, 3.8) is 0 Å². The topological polar surface area (TPSA) is 40.5 Å². The third-order valence-electron chi connectivity index (χ3n) is 3.05. The van der Waals surface area contributed by atoms with Gasteiger partial charge >= 0.3 is 0 Å². The maximum Gasteiger partial charge on any atom is 0.226 e. The zero-order chi connectivity index (χ0) is 13.4. The molecule has 3 nitrogen and oxygen atoms in total. The number of hydrogen-bond donors (Lipinski definition) is 1. The number of benzene rings is 1. The lowest BCUT2D eigenvalue weighted by molar-refractivity contribution is -0.129. The van der Waals surface area contributed by atoms with Crippen molar-refractivity contribution in [2.45, 2.75) is 32.6 Å². The molecule has 0 spiro atoms. The Morgan fingerprint density at radius 1 is 1.17 bits per heavy atom. The molecule has 0 saturated carbocycles. The number of rotatable bonds is 7. The van der Waals surface area contributed by atoms with E-state index in [1.165, 1.54) is 5.56 Å². The normalized spacial score (nSPS) is 10.4. The zero-order valence-electron chi connectivity index (χ0n) is 11.4. The fourth-order valence-electron chi connectivity index (χ4n) is 1.78. The molecule has 0 heterocycles. The van der Waals surface area contributed by atoms with Gasteiger partial charge in [-0.15, -0.1) is 0 Å². The molecule has 0 atom stereocenters. The molecule has 3 heteroatoms. The Bertz CT molecular complexity index is 359. The second kappa shape index (κ2) is 7.88. The van der Waals surface area contributed by atoms with Gasteiger partial charge in [-0.3, -0.25) is 4.79 Å². The summed E-state index contributed by atoms with van der Waals surface area (Å²) in [5.74, 6) is 0.155. The summed E-state index contributed by atoms with van der Waals surface area (Å²) in [6.07, 6.45) is 3.21. The van der Waals surface area contributed by atoms with Crippen LogP contribution in [0.2, 0.25) is 0 Å². The van der Waals surface area contributed by atoms with E-state index in [-0.39, 0.29) is 12.5 Å². The van der Waals surface area contributed by atoms with Crippen LogP contribution in [0.25, 0.3) is 0 Å². The summed E-state index contributed by atoms with van der Waals surface area (Å²) in [5.41, 5.74) is 2.27. The van der Waals surface area contributed by atoms with Gasteiger partial charge in [-0.1, -0.05) is 29.8 Å². The van der Waals surface area contributed by atoms with Gasteiger partial charge in [0.25, 0.3) is 0 Å². The Morgan fingerprint density at radius 3 is 2.44 bits per heavy atom. The number of aryl methyl sites for hydroxylation is 1. The quantitative estimate of drug-likeness (QED) is 0.752. The smallest absolute Gasteiger partial charge is 0.226 e. The molecule has 0 saturated heterocycles. The van der Waals surface area contributed by atoms with Crippen LogP contribution in [0.1, 0.15) is 30.4 Å². The number of carbonyl (C=O) groups excluding carboxylic acids is 1. The highest BCUT2D eigenvalue weighted by Crippen LogP contribution is 2.06. The Kier molecular flexibility index (Phi) is 6.44. The maximum absolute atomic E-state index is 11.9. The van der Waals surface area contributed by atoms with Crippen molar-refractivity contribution in [1.82, 2.24) is 4.90 Å². The van der Waals surface area contributed by atoms with Crippen LogP contribution in [0, 0.1) is 6.92 Å². The van der Waals surface area contributed by atoms with E-state index in [1.54, 1.807) is 4.90 Å². The summed E-state index contributed by atoms with van der Waals surface area (Å²) in [7, 11) is 1.84. The largest absolute Gasteiger partial charge is 0.396 e. The average Bonchev–Trinajstić information content (AvgIpc) is 2.37. The number of aliphatic hydroxyl groups is 1. The minimum atomic E-state index is 0.155. The van der Waals surface area contributed by atoms with E-state index in [4.69, 9.17) is 5.11 Å². The molecule has 0 unspecified atom stereocenters. The van der Waals surface area contributed by atoms with Gasteiger partial charge in [0.05, 0.1) is 6.42 Å². The molecule has 0 aliphatic rings. The van der Waals surface area contributed by atoms with Crippen LogP contribution in [0.3, 0.4) is 0 Å². The number of amides is 1. The van der Waals surface area contributed by atoms with Gasteiger partial charge in [-0.05, 0) is 31.7 Å². The van der Waals surface area contributed by atoms with Crippen molar-refractivity contribution in [3.8, 4) is 0 Å². The lowest BCUT2D eigenvalue weighted by Gasteiger charge is -2.17. The second-order valence-electron chi connectivity index (χ2n) is 4.76. The summed E-state index contributed by atoms with van der Waals surface area (Å²) in [5, 5.41) is 8.68. The Morgan fingerprint density at radius 2 is 1.83 bits per heavy atom. The molecule has 0 bridgehead atoms. The van der Waals surface area contributed by atoms with Gasteiger partial charge in [0, 0.05) is 20.2 Å². The van der Waals surface area contributed by atoms with Crippen molar-refractivity contribution >= 4 is 5.91 Å². The van der Waals surface area contributed by atoms with Gasteiger partial charge in [0.2, 0.25) is 5.91 Å². The standard InChI is InChI=1S/C15H23NO2/c1-13-6-8-14(9-7-13)12-15(18)16(2)10-4-3-5-11-17/h6-9,17H,3-5,10-12H2,1-2H3. The van der Waals surface area contributed by atoms with Crippen LogP contribution in [0.5, 0.6) is 0 Å². The van der Waals surface area contributed by atoms with Gasteiger partial charge in [-0.2, -0.15) is 0 Å². The SMILES string of the molecule is Cc1ccc(CC(=O)N(C)CCCCCO)cc1. The van der Waals surface area contributed by atoms with E-state index in [0.717, 1.165) is 31.4 Å². The molecule has 100 valence electrons. The molecule has 18 heavy (non-hydrogen) atoms. The minimum absolute atomic E-state index is 0.155. The zero-order valence-corrected chi connectivity index (χ0v) is 11.4. The van der Waals surface area contributed by atoms with E-state index in [9.17, 15) is 4.79 Å². The van der Waals surface area contributed by atoms with E-state index < -0.39 is 0 Å². The molecule has 0 aliphatic carbocycles. The van der Waals surface area contributed by atoms with E-state index in [2.05, 4.69) is 0 Å². The van der Waals surface area contributed by atoms with Crippen molar-refractivity contribution in [2.24, 2.45) is 0 Å². The van der Waals surface area contributed by atoms with Crippen LogP contribution >= 0.6 is 0 Å². The van der Waals surface area contributed by atoms with Crippen molar-refractivity contribution in [3.05, 3.63) is 35.4 Å². The average molecular weight is 249 g/mol. The van der Waals surface area contributed by atoms with Crippen LogP contribution in [-0.2, 0) is 11.2 Å². The van der Waals surface area contributed by atoms with Gasteiger partial charge in [0.15, 0.2) is 0 Å². The first kappa shape index (κ1) is 14.7. The Labute approximate surface area is 109 Å². The van der Waals surface area contributed by atoms with E-state index in [1.807, 2.05) is 38.2 Å². The number of nitrogens with zero attached hydrogens (tertiary/aromatic N) is 1. The van der Waals surface area contributed by atoms with Crippen molar-refractivity contribution in [2.75, 3.05) is 20.2 Å². The summed E-state index contributed by atoms with van der Waals surface area (Å²) < 4.78 is 0. The molecule has 0 fully saturated rings. The number of carbonyl (C=O) groups is 1. The van der Waals surface area contributed by atoms with E-state index >= 15 is 0 Å². The highest BCUT2D eigenvalue weighted by Gasteiger charge is 2.08. The maximum atomic E-state index is 11.9. The lowest BCUT2D eigenvalue weighted by Crippen LogP contribution is -2.29. The second-order valence-corrected chi connectivity index (χ2v) is 4.76. The van der Waals surface area contributed by atoms with Crippen LogP contribution in [0.4, 0.5) is 0 Å². The fourth-order valence-corrected chi connectivity index (χ4v) is 1.78. The molecule has 0 aliphatic heterocycles. The molecular weight excluding hydrogens is 226 g/mol. The minimum Gasteiger partial charge on any atom is -0.396 e.